The van der Waals surface area contributed by atoms with Gasteiger partial charge in [0.15, 0.2) is 22.7 Å². The second-order valence-corrected chi connectivity index (χ2v) is 9.21. The van der Waals surface area contributed by atoms with Gasteiger partial charge in [0.05, 0.1) is 24.8 Å². The van der Waals surface area contributed by atoms with E-state index in [2.05, 4.69) is 50.9 Å². The third-order valence-corrected chi connectivity index (χ3v) is 5.54. The Balaban J connectivity index is 0.000000355. The van der Waals surface area contributed by atoms with E-state index >= 15 is 0 Å². The molecule has 1 atom stereocenters. The highest BCUT2D eigenvalue weighted by atomic mass is 16.4. The molecule has 0 fully saturated rings. The SMILES string of the molecule is CN(C)/N=N/c1[nH]cnc1C(N)=O.Nc1nc(=O)c2nc(CNc3ccc(C(=O)N[C@@H](CCC(=O)O)C(=O)O)cc3)cnc2[nH]1. The number of hydrogen-bond acceptors (Lipinski definition) is 13. The topological polar surface area (TPSA) is 313 Å². The number of fused-ring (bicyclic) bond motifs is 1. The molecule has 20 heteroatoms. The molecular weight excluding hydrogens is 594 g/mol. The number of imidazole rings is 1. The Morgan fingerprint density at radius 2 is 1.80 bits per heavy atom. The van der Waals surface area contributed by atoms with E-state index in [1.54, 1.807) is 26.2 Å². The maximum Gasteiger partial charge on any atom is 0.326 e. The van der Waals surface area contributed by atoms with Crippen LogP contribution in [-0.4, -0.2) is 89.0 Å². The predicted molar refractivity (Wildman–Crippen MR) is 157 cm³/mol. The number of rotatable bonds is 12. The Kier molecular flexibility index (Phi) is 11.1. The van der Waals surface area contributed by atoms with Crippen LogP contribution in [0.25, 0.3) is 11.2 Å². The summed E-state index contributed by atoms with van der Waals surface area (Å²) >= 11 is 0. The van der Waals surface area contributed by atoms with Crippen LogP contribution in [-0.2, 0) is 16.1 Å². The van der Waals surface area contributed by atoms with Gasteiger partial charge in [0, 0.05) is 31.8 Å². The van der Waals surface area contributed by atoms with Crippen molar-refractivity contribution in [3.63, 3.8) is 0 Å². The molecule has 20 nitrogen and oxygen atoms in total. The fourth-order valence-electron chi connectivity index (χ4n) is 3.44. The summed E-state index contributed by atoms with van der Waals surface area (Å²) in [4.78, 5) is 77.6. The Hall–Kier alpha value is -6.47. The molecule has 0 saturated carbocycles. The molecule has 236 valence electrons. The first kappa shape index (κ1) is 33.0. The summed E-state index contributed by atoms with van der Waals surface area (Å²) in [5, 5.41) is 32.1. The molecule has 0 aliphatic heterocycles. The van der Waals surface area contributed by atoms with E-state index in [1.165, 1.54) is 29.7 Å². The van der Waals surface area contributed by atoms with Gasteiger partial charge in [-0.3, -0.25) is 24.2 Å². The molecule has 0 bridgehead atoms. The van der Waals surface area contributed by atoms with Crippen LogP contribution in [0.1, 0.15) is 39.4 Å². The molecule has 0 aliphatic rings. The van der Waals surface area contributed by atoms with Crippen LogP contribution in [0.15, 0.2) is 51.9 Å². The minimum atomic E-state index is -1.31. The quantitative estimate of drug-likeness (QED) is 0.0762. The minimum Gasteiger partial charge on any atom is -0.481 e. The first-order valence-electron chi connectivity index (χ1n) is 12.9. The average molecular weight is 624 g/mol. The fourth-order valence-corrected chi connectivity index (χ4v) is 3.44. The van der Waals surface area contributed by atoms with Gasteiger partial charge in [0.1, 0.15) is 6.04 Å². The monoisotopic (exact) mass is 623 g/mol. The lowest BCUT2D eigenvalue weighted by atomic mass is 10.1. The molecule has 4 rings (SSSR count). The number of carbonyl (C=O) groups is 4. The van der Waals surface area contributed by atoms with Crippen molar-refractivity contribution in [1.82, 2.24) is 40.2 Å². The van der Waals surface area contributed by atoms with Crippen LogP contribution < -0.4 is 27.7 Å². The van der Waals surface area contributed by atoms with Crippen molar-refractivity contribution in [2.45, 2.75) is 25.4 Å². The Bertz CT molecular complexity index is 1770. The first-order valence-corrected chi connectivity index (χ1v) is 12.9. The molecule has 10 N–H and O–H groups in total. The van der Waals surface area contributed by atoms with Gasteiger partial charge < -0.3 is 42.3 Å². The summed E-state index contributed by atoms with van der Waals surface area (Å²) in [7, 11) is 3.42. The van der Waals surface area contributed by atoms with Crippen molar-refractivity contribution < 1.29 is 29.4 Å². The van der Waals surface area contributed by atoms with Gasteiger partial charge in [-0.2, -0.15) is 4.98 Å². The van der Waals surface area contributed by atoms with Crippen LogP contribution in [0.3, 0.4) is 0 Å². The molecule has 4 aromatic rings. The summed E-state index contributed by atoms with van der Waals surface area (Å²) in [6.45, 7) is 0.231. The molecule has 0 aliphatic carbocycles. The highest BCUT2D eigenvalue weighted by Gasteiger charge is 2.21. The summed E-state index contributed by atoms with van der Waals surface area (Å²) in [5.74, 6) is -3.52. The second kappa shape index (κ2) is 15.1. The second-order valence-electron chi connectivity index (χ2n) is 9.21. The number of nitrogens with two attached hydrogens (primary N) is 2. The zero-order chi connectivity index (χ0) is 33.1. The van der Waals surface area contributed by atoms with Crippen molar-refractivity contribution in [2.24, 2.45) is 16.1 Å². The van der Waals surface area contributed by atoms with Crippen LogP contribution in [0.5, 0.6) is 0 Å². The number of amides is 2. The minimum absolute atomic E-state index is 0.0524. The van der Waals surface area contributed by atoms with Crippen LogP contribution >= 0.6 is 0 Å². The summed E-state index contributed by atoms with van der Waals surface area (Å²) in [6, 6.07) is 4.86. The molecule has 1 aromatic carbocycles. The number of benzene rings is 1. The smallest absolute Gasteiger partial charge is 0.326 e. The number of aromatic nitrogens is 6. The van der Waals surface area contributed by atoms with Gasteiger partial charge in [-0.25, -0.2) is 19.7 Å². The highest BCUT2D eigenvalue weighted by molar-refractivity contribution is 5.97. The van der Waals surface area contributed by atoms with Crippen LogP contribution in [0, 0.1) is 0 Å². The number of carbonyl (C=O) groups excluding carboxylic acids is 2. The average Bonchev–Trinajstić information content (AvgIpc) is 3.47. The van der Waals surface area contributed by atoms with E-state index in [0.29, 0.717) is 11.4 Å². The number of carboxylic acids is 2. The zero-order valence-corrected chi connectivity index (χ0v) is 23.9. The molecule has 0 unspecified atom stereocenters. The van der Waals surface area contributed by atoms with E-state index in [0.717, 1.165) is 0 Å². The van der Waals surface area contributed by atoms with Crippen molar-refractivity contribution >= 4 is 52.4 Å². The maximum atomic E-state index is 12.3. The normalized spacial score (nSPS) is 11.3. The molecule has 0 spiro atoms. The number of nitrogens with zero attached hydrogens (tertiary/aromatic N) is 7. The van der Waals surface area contributed by atoms with Crippen molar-refractivity contribution in [3.05, 3.63) is 64.1 Å². The van der Waals surface area contributed by atoms with Crippen molar-refractivity contribution in [3.8, 4) is 0 Å². The third kappa shape index (κ3) is 9.80. The van der Waals surface area contributed by atoms with Crippen molar-refractivity contribution in [2.75, 3.05) is 25.1 Å². The number of carboxylic acid groups (broad SMARTS) is 2. The Morgan fingerprint density at radius 3 is 2.42 bits per heavy atom. The standard InChI is InChI=1S/C19H19N7O6.C6H10N6O/c20-19-25-15-14(17(30)26-19)23-11(8-22-15)7-21-10-3-1-9(2-4-10)16(29)24-12(18(31)32)5-6-13(27)28;1-12(2)11-10-6-4(5(7)13)8-3-9-6/h1-4,8,12,21H,5-7H2,(H,24,29)(H,27,28)(H,31,32)(H3,20,22,25,26,30);3H,1-2H3,(H2,7,13)(H,8,9)/b;11-10+/t12-;/m0./s1. The largest absolute Gasteiger partial charge is 0.481 e. The van der Waals surface area contributed by atoms with Crippen molar-refractivity contribution in [1.29, 1.82) is 0 Å². The van der Waals surface area contributed by atoms with Crippen LogP contribution in [0.2, 0.25) is 0 Å². The summed E-state index contributed by atoms with van der Waals surface area (Å²) < 4.78 is 0. The predicted octanol–water partition coefficient (Wildman–Crippen LogP) is 0.0241. The molecule has 0 saturated heterocycles. The fraction of sp³-hybridized carbons (Fsp3) is 0.240. The van der Waals surface area contributed by atoms with E-state index < -0.39 is 35.4 Å². The molecule has 3 aromatic heterocycles. The lowest BCUT2D eigenvalue weighted by molar-refractivity contribution is -0.140. The third-order valence-electron chi connectivity index (χ3n) is 5.54. The van der Waals surface area contributed by atoms with Gasteiger partial charge in [-0.1, -0.05) is 5.22 Å². The lowest BCUT2D eigenvalue weighted by Gasteiger charge is -2.14. The van der Waals surface area contributed by atoms with E-state index in [9.17, 15) is 24.0 Å². The van der Waals surface area contributed by atoms with E-state index in [-0.39, 0.29) is 53.6 Å². The number of aliphatic carboxylic acids is 2. The van der Waals surface area contributed by atoms with E-state index in [4.69, 9.17) is 21.7 Å². The molecule has 0 radical (unpaired) electrons. The molecular formula is C25H29N13O7. The number of nitrogen functional groups attached to an aromatic ring is 1. The Morgan fingerprint density at radius 1 is 1.09 bits per heavy atom. The van der Waals surface area contributed by atoms with Gasteiger partial charge in [0.2, 0.25) is 5.95 Å². The summed E-state index contributed by atoms with van der Waals surface area (Å²) in [6.07, 6.45) is 2.20. The number of hydrogen-bond donors (Lipinski definition) is 8. The van der Waals surface area contributed by atoms with Gasteiger partial charge in [-0.15, -0.1) is 5.11 Å². The number of primary amides is 1. The first-order chi connectivity index (χ1) is 21.3. The molecule has 2 amide bonds. The van der Waals surface area contributed by atoms with Crippen LogP contribution in [0.4, 0.5) is 17.5 Å². The number of H-pyrrole nitrogens is 2. The molecule has 45 heavy (non-hydrogen) atoms. The zero-order valence-electron chi connectivity index (χ0n) is 23.9. The summed E-state index contributed by atoms with van der Waals surface area (Å²) in [5.41, 5.74) is 11.6. The number of anilines is 2. The Labute approximate surface area is 253 Å². The van der Waals surface area contributed by atoms with Gasteiger partial charge >= 0.3 is 17.5 Å². The highest BCUT2D eigenvalue weighted by Crippen LogP contribution is 2.14. The van der Waals surface area contributed by atoms with Gasteiger partial charge in [0.25, 0.3) is 11.8 Å². The number of nitrogens with one attached hydrogen (secondary N) is 4. The maximum absolute atomic E-state index is 12.3. The van der Waals surface area contributed by atoms with E-state index in [1.807, 2.05) is 0 Å². The lowest BCUT2D eigenvalue weighted by Crippen LogP contribution is -2.41. The van der Waals surface area contributed by atoms with Gasteiger partial charge in [-0.05, 0) is 30.7 Å². The molecule has 3 heterocycles. The number of aromatic amines is 2.